The summed E-state index contributed by atoms with van der Waals surface area (Å²) in [5.74, 6) is -0.339. The number of pyridine rings is 1. The fourth-order valence-corrected chi connectivity index (χ4v) is 8.66. The number of nitrogens with zero attached hydrogens (tertiary/aromatic N) is 2. The highest BCUT2D eigenvalue weighted by molar-refractivity contribution is 5.81. The number of hydrogen-bond donors (Lipinski definition) is 0. The minimum Gasteiger partial charge on any atom is -0.435 e. The van der Waals surface area contributed by atoms with Gasteiger partial charge in [-0.2, -0.15) is 0 Å². The van der Waals surface area contributed by atoms with Crippen LogP contribution in [-0.4, -0.2) is 58.4 Å². The number of likely N-dealkylation sites (tertiary alicyclic amines) is 1. The first-order valence-electron chi connectivity index (χ1n) is 15.0. The van der Waals surface area contributed by atoms with Crippen molar-refractivity contribution in [2.45, 2.75) is 102 Å². The number of fused-ring (bicyclic) bond motifs is 6. The van der Waals surface area contributed by atoms with Gasteiger partial charge in [0.2, 0.25) is 18.0 Å². The Labute approximate surface area is 234 Å². The maximum absolute atomic E-state index is 13.2. The van der Waals surface area contributed by atoms with Crippen LogP contribution in [0.2, 0.25) is 0 Å². The fourth-order valence-electron chi connectivity index (χ4n) is 8.66. The molecule has 10 nitrogen and oxygen atoms in total. The van der Waals surface area contributed by atoms with E-state index in [1.54, 1.807) is 12.1 Å². The average Bonchev–Trinajstić information content (AvgIpc) is 3.16. The Bertz CT molecular complexity index is 1250. The molecule has 0 N–H and O–H groups in total. The Balaban J connectivity index is 0.990. The molecule has 4 bridgehead atoms. The molecular weight excluding hydrogens is 516 g/mol. The van der Waals surface area contributed by atoms with E-state index in [1.165, 1.54) is 0 Å². The summed E-state index contributed by atoms with van der Waals surface area (Å²) in [6.07, 6.45) is 3.26. The predicted molar refractivity (Wildman–Crippen MR) is 140 cm³/mol. The van der Waals surface area contributed by atoms with Crippen LogP contribution in [-0.2, 0) is 40.1 Å². The molecule has 1 amide bonds. The molecule has 1 saturated carbocycles. The van der Waals surface area contributed by atoms with Gasteiger partial charge in [0.05, 0.1) is 6.42 Å². The second-order valence-electron chi connectivity index (χ2n) is 13.3. The van der Waals surface area contributed by atoms with E-state index in [-0.39, 0.29) is 53.9 Å². The highest BCUT2D eigenvalue weighted by atomic mass is 17.3. The van der Waals surface area contributed by atoms with Crippen LogP contribution in [0.25, 0.3) is 0 Å². The zero-order valence-electron chi connectivity index (χ0n) is 23.6. The van der Waals surface area contributed by atoms with Crippen LogP contribution < -0.4 is 5.56 Å². The second-order valence-corrected chi connectivity index (χ2v) is 13.3. The molecule has 6 aliphatic heterocycles. The van der Waals surface area contributed by atoms with Gasteiger partial charge < -0.3 is 23.7 Å². The van der Waals surface area contributed by atoms with E-state index < -0.39 is 29.9 Å². The van der Waals surface area contributed by atoms with Gasteiger partial charge in [-0.15, -0.1) is 0 Å². The molecule has 8 rings (SSSR count). The minimum absolute atomic E-state index is 0.00832. The van der Waals surface area contributed by atoms with E-state index in [0.29, 0.717) is 25.6 Å². The number of piperidine rings is 1. The Morgan fingerprint density at radius 2 is 1.90 bits per heavy atom. The molecule has 10 atom stereocenters. The first kappa shape index (κ1) is 26.6. The lowest BCUT2D eigenvalue weighted by atomic mass is 9.58. The molecule has 6 fully saturated rings. The molecular formula is C30H40N2O8. The molecule has 10 heteroatoms. The lowest BCUT2D eigenvalue weighted by Crippen LogP contribution is -2.70. The quantitative estimate of drug-likeness (QED) is 0.411. The number of ether oxygens (including phenoxy) is 3. The molecule has 1 spiro atoms. The topological polar surface area (TPSA) is 106 Å². The first-order valence-corrected chi connectivity index (χ1v) is 15.0. The third kappa shape index (κ3) is 4.16. The van der Waals surface area contributed by atoms with E-state index in [4.69, 9.17) is 24.0 Å². The lowest BCUT2D eigenvalue weighted by Gasteiger charge is -2.59. The van der Waals surface area contributed by atoms with Crippen LogP contribution >= 0.6 is 0 Å². The van der Waals surface area contributed by atoms with Gasteiger partial charge in [-0.05, 0) is 56.4 Å². The van der Waals surface area contributed by atoms with Crippen molar-refractivity contribution in [3.8, 4) is 0 Å². The summed E-state index contributed by atoms with van der Waals surface area (Å²) in [7, 11) is 0. The predicted octanol–water partition coefficient (Wildman–Crippen LogP) is 3.33. The molecule has 1 aromatic rings. The highest BCUT2D eigenvalue weighted by Gasteiger charge is 2.69. The van der Waals surface area contributed by atoms with Crippen LogP contribution in [0.5, 0.6) is 0 Å². The van der Waals surface area contributed by atoms with Gasteiger partial charge in [-0.1, -0.05) is 19.9 Å². The summed E-state index contributed by atoms with van der Waals surface area (Å²) >= 11 is 0. The highest BCUT2D eigenvalue weighted by Crippen LogP contribution is 2.60. The standard InChI is InChI=1S/C30H40N2O8/c1-17-7-8-22-18(2)27(37-28-30(22)21(17)11-12-29(3,38-28)39-40-30)36-26(35)10-9-24(33)31-14-19-13-20(16-31)23-5-4-6-25(34)32(23)15-19/h4-6,17-22,27-28H,7-16H2,1-3H3. The molecule has 1 aromatic heterocycles. The monoisotopic (exact) mass is 556 g/mol. The van der Waals surface area contributed by atoms with Gasteiger partial charge in [0.1, 0.15) is 0 Å². The van der Waals surface area contributed by atoms with Crippen LogP contribution in [0.4, 0.5) is 0 Å². The minimum atomic E-state index is -0.889. The summed E-state index contributed by atoms with van der Waals surface area (Å²) in [5, 5.41) is 0. The van der Waals surface area contributed by atoms with Gasteiger partial charge >= 0.3 is 5.97 Å². The van der Waals surface area contributed by atoms with E-state index in [1.807, 2.05) is 29.4 Å². The Morgan fingerprint density at radius 3 is 2.75 bits per heavy atom. The van der Waals surface area contributed by atoms with Gasteiger partial charge in [0, 0.05) is 62.0 Å². The molecule has 0 aromatic carbocycles. The Hall–Kier alpha value is -2.27. The second kappa shape index (κ2) is 9.64. The Kier molecular flexibility index (Phi) is 6.42. The maximum Gasteiger partial charge on any atom is 0.308 e. The summed E-state index contributed by atoms with van der Waals surface area (Å²) < 4.78 is 20.4. The summed E-state index contributed by atoms with van der Waals surface area (Å²) in [4.78, 5) is 52.3. The van der Waals surface area contributed by atoms with Crippen molar-refractivity contribution in [2.24, 2.45) is 29.6 Å². The van der Waals surface area contributed by atoms with Crippen LogP contribution in [0, 0.1) is 29.6 Å². The largest absolute Gasteiger partial charge is 0.435 e. The number of carbonyl (C=O) groups is 2. The maximum atomic E-state index is 13.2. The fraction of sp³-hybridized carbons (Fsp3) is 0.767. The molecule has 218 valence electrons. The number of esters is 1. The van der Waals surface area contributed by atoms with Crippen LogP contribution in [0.15, 0.2) is 23.0 Å². The molecule has 7 aliphatic rings. The van der Waals surface area contributed by atoms with Gasteiger partial charge in [0.15, 0.2) is 11.9 Å². The van der Waals surface area contributed by atoms with Crippen molar-refractivity contribution in [2.75, 3.05) is 13.1 Å². The summed E-state index contributed by atoms with van der Waals surface area (Å²) in [6.45, 7) is 7.99. The summed E-state index contributed by atoms with van der Waals surface area (Å²) in [6, 6.07) is 5.37. The first-order chi connectivity index (χ1) is 19.2. The van der Waals surface area contributed by atoms with Crippen LogP contribution in [0.1, 0.15) is 77.3 Å². The molecule has 7 heterocycles. The van der Waals surface area contributed by atoms with E-state index in [0.717, 1.165) is 37.8 Å². The van der Waals surface area contributed by atoms with Crippen molar-refractivity contribution in [3.63, 3.8) is 0 Å². The third-order valence-corrected chi connectivity index (χ3v) is 10.7. The number of hydrogen-bond acceptors (Lipinski definition) is 8. The molecule has 10 unspecified atom stereocenters. The molecule has 40 heavy (non-hydrogen) atoms. The number of amides is 1. The van der Waals surface area contributed by atoms with Crippen molar-refractivity contribution >= 4 is 11.9 Å². The number of rotatable bonds is 4. The van der Waals surface area contributed by atoms with Gasteiger partial charge in [0.25, 0.3) is 5.56 Å². The normalized spacial score (nSPS) is 43.3. The van der Waals surface area contributed by atoms with Gasteiger partial charge in [-0.25, -0.2) is 9.78 Å². The van der Waals surface area contributed by atoms with Crippen molar-refractivity contribution in [3.05, 3.63) is 34.2 Å². The van der Waals surface area contributed by atoms with Crippen molar-refractivity contribution in [1.29, 1.82) is 0 Å². The van der Waals surface area contributed by atoms with Crippen molar-refractivity contribution in [1.82, 2.24) is 9.47 Å². The van der Waals surface area contributed by atoms with Crippen LogP contribution in [0.3, 0.4) is 0 Å². The molecule has 5 saturated heterocycles. The lowest BCUT2D eigenvalue weighted by molar-refractivity contribution is -0.576. The van der Waals surface area contributed by atoms with E-state index in [2.05, 4.69) is 6.92 Å². The van der Waals surface area contributed by atoms with Gasteiger partial charge in [-0.3, -0.25) is 14.4 Å². The number of aromatic nitrogens is 1. The van der Waals surface area contributed by atoms with E-state index in [9.17, 15) is 14.4 Å². The summed E-state index contributed by atoms with van der Waals surface area (Å²) in [5.41, 5.74) is 0.314. The molecule has 0 radical (unpaired) electrons. The average molecular weight is 557 g/mol. The SMILES string of the molecule is CC1CCC2C(C)C(OC(=O)CCC(=O)N3CC4CC(C3)c3cccc(=O)n3C4)OC3OC4(C)CCC1C32OO4. The van der Waals surface area contributed by atoms with E-state index >= 15 is 0 Å². The zero-order valence-corrected chi connectivity index (χ0v) is 23.6. The Morgan fingerprint density at radius 1 is 1.05 bits per heavy atom. The smallest absolute Gasteiger partial charge is 0.308 e. The number of carbonyl (C=O) groups excluding carboxylic acids is 2. The third-order valence-electron chi connectivity index (χ3n) is 10.7. The zero-order chi connectivity index (χ0) is 27.8. The van der Waals surface area contributed by atoms with Crippen molar-refractivity contribution < 1.29 is 33.6 Å². The molecule has 1 aliphatic carbocycles.